The van der Waals surface area contributed by atoms with Crippen LogP contribution in [0.15, 0.2) is 24.3 Å². The summed E-state index contributed by atoms with van der Waals surface area (Å²) in [5.41, 5.74) is 0. The van der Waals surface area contributed by atoms with Crippen molar-refractivity contribution in [3.05, 3.63) is 24.3 Å². The van der Waals surface area contributed by atoms with E-state index in [1.165, 1.54) is 38.2 Å². The highest BCUT2D eigenvalue weighted by Crippen LogP contribution is 2.04. The van der Waals surface area contributed by atoms with Crippen molar-refractivity contribution in [1.82, 2.24) is 0 Å². The molecule has 2 nitrogen and oxygen atoms in total. The monoisotopic (exact) mass is 224 g/mol. The number of carboxylic acids is 1. The lowest BCUT2D eigenvalue weighted by atomic mass is 10.1. The average molecular weight is 224 g/mol. The van der Waals surface area contributed by atoms with Crippen LogP contribution in [0, 0.1) is 0 Å². The van der Waals surface area contributed by atoms with Gasteiger partial charge in [0, 0.05) is 6.08 Å². The normalized spacial score (nSPS) is 11.6. The molecular weight excluding hydrogens is 200 g/mol. The molecule has 0 spiro atoms. The molecule has 0 saturated carbocycles. The second kappa shape index (κ2) is 12.0. The minimum atomic E-state index is -0.855. The van der Waals surface area contributed by atoms with Crippen LogP contribution in [0.3, 0.4) is 0 Å². The molecule has 0 aliphatic heterocycles. The lowest BCUT2D eigenvalue weighted by molar-refractivity contribution is -0.131. The summed E-state index contributed by atoms with van der Waals surface area (Å²) in [4.78, 5) is 10.2. The first-order valence-electron chi connectivity index (χ1n) is 6.31. The Kier molecular flexibility index (Phi) is 11.2. The van der Waals surface area contributed by atoms with Gasteiger partial charge in [0.05, 0.1) is 0 Å². The van der Waals surface area contributed by atoms with Gasteiger partial charge in [-0.3, -0.25) is 0 Å². The number of unbranched alkanes of at least 4 members (excludes halogenated alkanes) is 6. The molecular formula is C14H24O2. The third-order valence-electron chi connectivity index (χ3n) is 2.39. The molecule has 0 bridgehead atoms. The molecule has 0 aromatic carbocycles. The van der Waals surface area contributed by atoms with Gasteiger partial charge in [0.1, 0.15) is 0 Å². The van der Waals surface area contributed by atoms with Crippen molar-refractivity contribution in [2.75, 3.05) is 0 Å². The van der Waals surface area contributed by atoms with E-state index in [-0.39, 0.29) is 0 Å². The maximum absolute atomic E-state index is 10.2. The molecule has 0 heterocycles. The van der Waals surface area contributed by atoms with Crippen LogP contribution < -0.4 is 0 Å². The van der Waals surface area contributed by atoms with Gasteiger partial charge in [-0.1, -0.05) is 44.4 Å². The quantitative estimate of drug-likeness (QED) is 0.341. The predicted octanol–water partition coefficient (Wildman–Crippen LogP) is 4.32. The highest BCUT2D eigenvalue weighted by Gasteiger charge is 1.86. The molecule has 0 atom stereocenters. The van der Waals surface area contributed by atoms with Gasteiger partial charge in [-0.05, 0) is 32.1 Å². The zero-order valence-electron chi connectivity index (χ0n) is 10.3. The summed E-state index contributed by atoms with van der Waals surface area (Å²) < 4.78 is 0. The molecule has 0 aliphatic rings. The summed E-state index contributed by atoms with van der Waals surface area (Å²) in [6, 6.07) is 0. The third-order valence-corrected chi connectivity index (χ3v) is 2.39. The summed E-state index contributed by atoms with van der Waals surface area (Å²) >= 11 is 0. The SMILES string of the molecule is CCCCCC/C=C\CCC/C=C/C(=O)O. The van der Waals surface area contributed by atoms with Gasteiger partial charge in [-0.25, -0.2) is 4.79 Å². The Morgan fingerprint density at radius 2 is 1.56 bits per heavy atom. The number of hydrogen-bond acceptors (Lipinski definition) is 1. The summed E-state index contributed by atoms with van der Waals surface area (Å²) in [6.45, 7) is 2.22. The van der Waals surface area contributed by atoms with Gasteiger partial charge < -0.3 is 5.11 Å². The van der Waals surface area contributed by atoms with E-state index in [9.17, 15) is 4.79 Å². The zero-order chi connectivity index (χ0) is 12.1. The second-order valence-corrected chi connectivity index (χ2v) is 3.99. The molecule has 0 rings (SSSR count). The molecule has 0 aliphatic carbocycles. The van der Waals surface area contributed by atoms with E-state index >= 15 is 0 Å². The van der Waals surface area contributed by atoms with E-state index in [2.05, 4.69) is 19.1 Å². The highest BCUT2D eigenvalue weighted by atomic mass is 16.4. The summed E-state index contributed by atoms with van der Waals surface area (Å²) in [5, 5.41) is 8.36. The number of hydrogen-bond donors (Lipinski definition) is 1. The van der Waals surface area contributed by atoms with E-state index in [0.29, 0.717) is 0 Å². The van der Waals surface area contributed by atoms with Crippen LogP contribution in [0.2, 0.25) is 0 Å². The smallest absolute Gasteiger partial charge is 0.327 e. The number of allylic oxidation sites excluding steroid dienone is 3. The minimum absolute atomic E-state index is 0.854. The van der Waals surface area contributed by atoms with Crippen LogP contribution in [0.25, 0.3) is 0 Å². The standard InChI is InChI=1S/C14H24O2/c1-2-3-4-5-6-7-8-9-10-11-12-13-14(15)16/h7-8,12-13H,2-6,9-11H2,1H3,(H,15,16)/b8-7-,13-12+. The van der Waals surface area contributed by atoms with Crippen molar-refractivity contribution in [3.63, 3.8) is 0 Å². The fourth-order valence-corrected chi connectivity index (χ4v) is 1.46. The third kappa shape index (κ3) is 12.9. The van der Waals surface area contributed by atoms with Crippen LogP contribution in [-0.2, 0) is 4.79 Å². The second-order valence-electron chi connectivity index (χ2n) is 3.99. The van der Waals surface area contributed by atoms with E-state index in [1.54, 1.807) is 6.08 Å². The Hall–Kier alpha value is -1.05. The molecule has 0 aromatic heterocycles. The fraction of sp³-hybridized carbons (Fsp3) is 0.643. The Labute approximate surface area is 99.1 Å². The first-order valence-corrected chi connectivity index (χ1v) is 6.31. The van der Waals surface area contributed by atoms with E-state index in [4.69, 9.17) is 5.11 Å². The summed E-state index contributed by atoms with van der Waals surface area (Å²) in [6.07, 6.45) is 16.8. The van der Waals surface area contributed by atoms with Crippen LogP contribution >= 0.6 is 0 Å². The van der Waals surface area contributed by atoms with Crippen LogP contribution in [0.4, 0.5) is 0 Å². The van der Waals surface area contributed by atoms with Gasteiger partial charge in [0.2, 0.25) is 0 Å². The Balaban J connectivity index is 3.18. The summed E-state index contributed by atoms with van der Waals surface area (Å²) in [5.74, 6) is -0.855. The molecule has 1 N–H and O–H groups in total. The molecule has 0 aromatic rings. The molecule has 0 fully saturated rings. The van der Waals surface area contributed by atoms with Crippen molar-refractivity contribution in [1.29, 1.82) is 0 Å². The first-order chi connectivity index (χ1) is 7.77. The van der Waals surface area contributed by atoms with Gasteiger partial charge in [0.25, 0.3) is 0 Å². The molecule has 0 radical (unpaired) electrons. The topological polar surface area (TPSA) is 37.3 Å². The van der Waals surface area contributed by atoms with E-state index in [1.807, 2.05) is 0 Å². The van der Waals surface area contributed by atoms with Crippen LogP contribution in [0.1, 0.15) is 58.3 Å². The lowest BCUT2D eigenvalue weighted by Gasteiger charge is -1.94. The van der Waals surface area contributed by atoms with Crippen molar-refractivity contribution < 1.29 is 9.90 Å². The molecule has 0 saturated heterocycles. The number of aliphatic carboxylic acids is 1. The Morgan fingerprint density at radius 3 is 2.19 bits per heavy atom. The average Bonchev–Trinajstić information content (AvgIpc) is 2.25. The zero-order valence-corrected chi connectivity index (χ0v) is 10.3. The molecule has 0 amide bonds. The molecule has 16 heavy (non-hydrogen) atoms. The van der Waals surface area contributed by atoms with Crippen molar-refractivity contribution in [3.8, 4) is 0 Å². The molecule has 2 heteroatoms. The summed E-state index contributed by atoms with van der Waals surface area (Å²) in [7, 11) is 0. The van der Waals surface area contributed by atoms with Crippen LogP contribution in [0.5, 0.6) is 0 Å². The van der Waals surface area contributed by atoms with Crippen molar-refractivity contribution in [2.45, 2.75) is 58.3 Å². The van der Waals surface area contributed by atoms with E-state index < -0.39 is 5.97 Å². The predicted molar refractivity (Wildman–Crippen MR) is 68.5 cm³/mol. The number of carbonyl (C=O) groups is 1. The van der Waals surface area contributed by atoms with E-state index in [0.717, 1.165) is 19.3 Å². The van der Waals surface area contributed by atoms with Gasteiger partial charge in [-0.15, -0.1) is 0 Å². The maximum atomic E-state index is 10.2. The molecule has 0 unspecified atom stereocenters. The lowest BCUT2D eigenvalue weighted by Crippen LogP contribution is -1.85. The Morgan fingerprint density at radius 1 is 0.938 bits per heavy atom. The number of rotatable bonds is 10. The fourth-order valence-electron chi connectivity index (χ4n) is 1.46. The van der Waals surface area contributed by atoms with Gasteiger partial charge in [0.15, 0.2) is 0 Å². The molecule has 92 valence electrons. The van der Waals surface area contributed by atoms with Gasteiger partial charge in [-0.2, -0.15) is 0 Å². The van der Waals surface area contributed by atoms with Gasteiger partial charge >= 0.3 is 5.97 Å². The van der Waals surface area contributed by atoms with Crippen LogP contribution in [-0.4, -0.2) is 11.1 Å². The highest BCUT2D eigenvalue weighted by molar-refractivity contribution is 5.79. The minimum Gasteiger partial charge on any atom is -0.478 e. The first kappa shape index (κ1) is 14.9. The van der Waals surface area contributed by atoms with Crippen molar-refractivity contribution in [2.24, 2.45) is 0 Å². The maximum Gasteiger partial charge on any atom is 0.327 e. The Bertz CT molecular complexity index is 217. The van der Waals surface area contributed by atoms with Crippen molar-refractivity contribution >= 4 is 5.97 Å². The number of carboxylic acid groups (broad SMARTS) is 1. The largest absolute Gasteiger partial charge is 0.478 e.